The highest BCUT2D eigenvalue weighted by molar-refractivity contribution is 5.38. The van der Waals surface area contributed by atoms with E-state index in [2.05, 4.69) is 17.1 Å². The third kappa shape index (κ3) is 2.90. The molecule has 0 bridgehead atoms. The summed E-state index contributed by atoms with van der Waals surface area (Å²) in [6, 6.07) is 5.13. The van der Waals surface area contributed by atoms with Gasteiger partial charge in [0, 0.05) is 38.3 Å². The fourth-order valence-corrected chi connectivity index (χ4v) is 2.51. The lowest BCUT2D eigenvalue weighted by Gasteiger charge is -2.34. The van der Waals surface area contributed by atoms with E-state index in [4.69, 9.17) is 0 Å². The molecule has 4 heteroatoms. The topological polar surface area (TPSA) is 55.7 Å². The van der Waals surface area contributed by atoms with E-state index in [0.29, 0.717) is 0 Å². The van der Waals surface area contributed by atoms with Crippen molar-refractivity contribution in [2.24, 2.45) is 0 Å². The number of nitrogens with one attached hydrogen (secondary N) is 1. The molecular weight excluding hydrogens is 216 g/mol. The lowest BCUT2D eigenvalue weighted by Crippen LogP contribution is -2.45. The average molecular weight is 236 g/mol. The Bertz CT molecular complexity index is 355. The second-order valence-corrected chi connectivity index (χ2v) is 4.49. The van der Waals surface area contributed by atoms with Gasteiger partial charge in [-0.05, 0) is 24.1 Å². The Balaban J connectivity index is 2.21. The van der Waals surface area contributed by atoms with Crippen LogP contribution in [0, 0.1) is 0 Å². The van der Waals surface area contributed by atoms with Crippen molar-refractivity contribution in [3.63, 3.8) is 0 Å². The molecule has 0 radical (unpaired) electrons. The van der Waals surface area contributed by atoms with Gasteiger partial charge in [-0.25, -0.2) is 0 Å². The lowest BCUT2D eigenvalue weighted by atomic mass is 10.0. The third-order valence-electron chi connectivity index (χ3n) is 3.29. The van der Waals surface area contributed by atoms with Crippen molar-refractivity contribution >= 4 is 0 Å². The molecule has 1 saturated heterocycles. The van der Waals surface area contributed by atoms with E-state index in [0.717, 1.165) is 38.2 Å². The zero-order valence-electron chi connectivity index (χ0n) is 10.2. The summed E-state index contributed by atoms with van der Waals surface area (Å²) < 4.78 is 0. The minimum Gasteiger partial charge on any atom is -0.508 e. The molecule has 1 aromatic carbocycles. The predicted octanol–water partition coefficient (Wildman–Crippen LogP) is 1.45. The molecule has 94 valence electrons. The van der Waals surface area contributed by atoms with E-state index >= 15 is 0 Å². The molecule has 0 aliphatic carbocycles. The summed E-state index contributed by atoms with van der Waals surface area (Å²) in [4.78, 5) is 2.39. The molecule has 1 atom stereocenters. The molecule has 2 rings (SSSR count). The fraction of sp³-hybridized carbons (Fsp3) is 0.538. The van der Waals surface area contributed by atoms with Crippen molar-refractivity contribution in [1.82, 2.24) is 10.2 Å². The van der Waals surface area contributed by atoms with Crippen LogP contribution in [0.2, 0.25) is 0 Å². The van der Waals surface area contributed by atoms with Crippen LogP contribution in [0.4, 0.5) is 0 Å². The van der Waals surface area contributed by atoms with Crippen molar-refractivity contribution in [3.05, 3.63) is 23.8 Å². The van der Waals surface area contributed by atoms with Crippen LogP contribution in [0.15, 0.2) is 18.2 Å². The SMILES string of the molecule is CC[C@H](c1cc(O)cc(O)c1)N1CCNCC1. The standard InChI is InChI=1S/C13H20N2O2/c1-2-13(15-5-3-14-4-6-15)10-7-11(16)9-12(17)8-10/h7-9,13-14,16-17H,2-6H2,1H3/t13-/m1/s1. The number of phenols is 2. The van der Waals surface area contributed by atoms with Crippen LogP contribution in [0.25, 0.3) is 0 Å². The predicted molar refractivity (Wildman–Crippen MR) is 67.2 cm³/mol. The van der Waals surface area contributed by atoms with E-state index in [9.17, 15) is 10.2 Å². The van der Waals surface area contributed by atoms with Gasteiger partial charge in [0.2, 0.25) is 0 Å². The maximum atomic E-state index is 9.55. The highest BCUT2D eigenvalue weighted by atomic mass is 16.3. The zero-order valence-corrected chi connectivity index (χ0v) is 10.2. The maximum Gasteiger partial charge on any atom is 0.119 e. The number of nitrogens with zero attached hydrogens (tertiary/aromatic N) is 1. The summed E-state index contributed by atoms with van der Waals surface area (Å²) in [7, 11) is 0. The number of benzene rings is 1. The Hall–Kier alpha value is -1.26. The van der Waals surface area contributed by atoms with Crippen LogP contribution in [0.1, 0.15) is 24.9 Å². The lowest BCUT2D eigenvalue weighted by molar-refractivity contribution is 0.169. The quantitative estimate of drug-likeness (QED) is 0.743. The van der Waals surface area contributed by atoms with E-state index in [1.165, 1.54) is 6.07 Å². The largest absolute Gasteiger partial charge is 0.508 e. The summed E-state index contributed by atoms with van der Waals surface area (Å²) >= 11 is 0. The van der Waals surface area contributed by atoms with Gasteiger partial charge in [-0.2, -0.15) is 0 Å². The van der Waals surface area contributed by atoms with Gasteiger partial charge in [0.05, 0.1) is 0 Å². The average Bonchev–Trinajstić information content (AvgIpc) is 2.30. The van der Waals surface area contributed by atoms with Crippen LogP contribution in [0.3, 0.4) is 0 Å². The summed E-state index contributed by atoms with van der Waals surface area (Å²) in [5.41, 5.74) is 0.993. The molecule has 1 aliphatic rings. The van der Waals surface area contributed by atoms with E-state index in [1.807, 2.05) is 0 Å². The molecule has 0 amide bonds. The summed E-state index contributed by atoms with van der Waals surface area (Å²) in [5, 5.41) is 22.4. The number of rotatable bonds is 3. The first-order valence-corrected chi connectivity index (χ1v) is 6.18. The molecule has 4 nitrogen and oxygen atoms in total. The summed E-state index contributed by atoms with van der Waals surface area (Å²) in [6.07, 6.45) is 0.975. The molecule has 1 aliphatic heterocycles. The van der Waals surface area contributed by atoms with E-state index in [-0.39, 0.29) is 17.5 Å². The van der Waals surface area contributed by atoms with Gasteiger partial charge < -0.3 is 15.5 Å². The molecule has 17 heavy (non-hydrogen) atoms. The van der Waals surface area contributed by atoms with Gasteiger partial charge in [-0.1, -0.05) is 6.92 Å². The first-order valence-electron chi connectivity index (χ1n) is 6.18. The Morgan fingerprint density at radius 3 is 2.29 bits per heavy atom. The van der Waals surface area contributed by atoms with Crippen LogP contribution in [0.5, 0.6) is 11.5 Å². The molecule has 0 unspecified atom stereocenters. The first kappa shape index (κ1) is 12.2. The Kier molecular flexibility index (Phi) is 3.86. The highest BCUT2D eigenvalue weighted by Gasteiger charge is 2.21. The molecule has 1 fully saturated rings. The Labute approximate surface area is 102 Å². The number of aromatic hydroxyl groups is 2. The van der Waals surface area contributed by atoms with Crippen molar-refractivity contribution in [1.29, 1.82) is 0 Å². The Morgan fingerprint density at radius 1 is 1.18 bits per heavy atom. The van der Waals surface area contributed by atoms with Crippen molar-refractivity contribution in [2.75, 3.05) is 26.2 Å². The van der Waals surface area contributed by atoms with Gasteiger partial charge in [0.15, 0.2) is 0 Å². The number of hydrogen-bond donors (Lipinski definition) is 3. The number of phenolic OH excluding ortho intramolecular Hbond substituents is 2. The van der Waals surface area contributed by atoms with Gasteiger partial charge >= 0.3 is 0 Å². The molecular formula is C13H20N2O2. The molecule has 1 aromatic rings. The highest BCUT2D eigenvalue weighted by Crippen LogP contribution is 2.30. The molecule has 0 spiro atoms. The smallest absolute Gasteiger partial charge is 0.119 e. The van der Waals surface area contributed by atoms with Gasteiger partial charge in [0.1, 0.15) is 11.5 Å². The minimum atomic E-state index is 0.133. The molecule has 1 heterocycles. The normalized spacial score (nSPS) is 19.1. The Morgan fingerprint density at radius 2 is 1.76 bits per heavy atom. The second-order valence-electron chi connectivity index (χ2n) is 4.49. The summed E-state index contributed by atoms with van der Waals surface area (Å²) in [6.45, 7) is 6.15. The van der Waals surface area contributed by atoms with Gasteiger partial charge in [-0.15, -0.1) is 0 Å². The molecule has 0 saturated carbocycles. The van der Waals surface area contributed by atoms with Crippen LogP contribution in [-0.4, -0.2) is 41.3 Å². The van der Waals surface area contributed by atoms with Crippen molar-refractivity contribution in [3.8, 4) is 11.5 Å². The van der Waals surface area contributed by atoms with Gasteiger partial charge in [0.25, 0.3) is 0 Å². The van der Waals surface area contributed by atoms with E-state index in [1.54, 1.807) is 12.1 Å². The summed E-state index contributed by atoms with van der Waals surface area (Å²) in [5.74, 6) is 0.266. The second kappa shape index (κ2) is 5.38. The molecule has 0 aromatic heterocycles. The number of hydrogen-bond acceptors (Lipinski definition) is 4. The third-order valence-corrected chi connectivity index (χ3v) is 3.29. The van der Waals surface area contributed by atoms with Gasteiger partial charge in [-0.3, -0.25) is 4.90 Å². The van der Waals surface area contributed by atoms with Crippen LogP contribution in [-0.2, 0) is 0 Å². The maximum absolute atomic E-state index is 9.55. The van der Waals surface area contributed by atoms with Crippen LogP contribution >= 0.6 is 0 Å². The van der Waals surface area contributed by atoms with Crippen molar-refractivity contribution in [2.45, 2.75) is 19.4 Å². The fourth-order valence-electron chi connectivity index (χ4n) is 2.51. The first-order chi connectivity index (χ1) is 8.20. The van der Waals surface area contributed by atoms with Crippen LogP contribution < -0.4 is 5.32 Å². The minimum absolute atomic E-state index is 0.133. The molecule has 3 N–H and O–H groups in total. The number of piperazine rings is 1. The zero-order chi connectivity index (χ0) is 12.3. The monoisotopic (exact) mass is 236 g/mol. The van der Waals surface area contributed by atoms with Crippen molar-refractivity contribution < 1.29 is 10.2 Å². The van der Waals surface area contributed by atoms with E-state index < -0.39 is 0 Å².